The van der Waals surface area contributed by atoms with Gasteiger partial charge in [-0.2, -0.15) is 0 Å². The average molecular weight is 520 g/mol. The number of nitrogens with zero attached hydrogens (tertiary/aromatic N) is 1. The molecule has 0 spiro atoms. The van der Waals surface area contributed by atoms with Crippen LogP contribution in [0.15, 0.2) is 84.2 Å². The van der Waals surface area contributed by atoms with Crippen molar-refractivity contribution in [3.63, 3.8) is 0 Å². The predicted octanol–water partition coefficient (Wildman–Crippen LogP) is 7.19. The maximum absolute atomic E-state index is 14.4. The van der Waals surface area contributed by atoms with E-state index in [1.54, 1.807) is 12.1 Å². The second kappa shape index (κ2) is 8.58. The maximum Gasteiger partial charge on any atom is 0.233 e. The number of amides is 1. The van der Waals surface area contributed by atoms with E-state index in [1.807, 2.05) is 23.6 Å². The molecule has 0 saturated heterocycles. The number of hydrogen-bond acceptors (Lipinski definition) is 4. The van der Waals surface area contributed by atoms with E-state index in [0.717, 1.165) is 22.2 Å². The molecule has 0 saturated carbocycles. The van der Waals surface area contributed by atoms with Crippen LogP contribution in [0.2, 0.25) is 0 Å². The van der Waals surface area contributed by atoms with Crippen molar-refractivity contribution in [3.8, 4) is 11.3 Å². The molecule has 38 heavy (non-hydrogen) atoms. The Morgan fingerprint density at radius 1 is 1.00 bits per heavy atom. The van der Waals surface area contributed by atoms with Crippen LogP contribution in [0.4, 0.5) is 9.52 Å². The molecular formula is C32H26FN3OS. The Bertz CT molecular complexity index is 1740. The van der Waals surface area contributed by atoms with E-state index in [9.17, 15) is 9.18 Å². The highest BCUT2D eigenvalue weighted by Crippen LogP contribution is 2.61. The molecule has 4 nitrogen and oxygen atoms in total. The van der Waals surface area contributed by atoms with Crippen molar-refractivity contribution in [2.45, 2.75) is 31.7 Å². The lowest BCUT2D eigenvalue weighted by atomic mass is 9.52. The zero-order valence-electron chi connectivity index (χ0n) is 20.9. The number of fused-ring (bicyclic) bond motifs is 2. The van der Waals surface area contributed by atoms with E-state index < -0.39 is 5.41 Å². The molecule has 2 bridgehead atoms. The fraction of sp³-hybridized carbons (Fsp3) is 0.188. The van der Waals surface area contributed by atoms with Gasteiger partial charge in [0.2, 0.25) is 5.91 Å². The van der Waals surface area contributed by atoms with Gasteiger partial charge in [-0.1, -0.05) is 66.7 Å². The molecule has 0 radical (unpaired) electrons. The molecule has 3 atom stereocenters. The second-order valence-electron chi connectivity index (χ2n) is 10.5. The van der Waals surface area contributed by atoms with E-state index in [1.165, 1.54) is 39.7 Å². The first-order valence-corrected chi connectivity index (χ1v) is 13.7. The van der Waals surface area contributed by atoms with Crippen LogP contribution < -0.4 is 11.1 Å². The molecule has 0 aliphatic heterocycles. The zero-order valence-corrected chi connectivity index (χ0v) is 21.7. The van der Waals surface area contributed by atoms with Gasteiger partial charge < -0.3 is 11.1 Å². The lowest BCUT2D eigenvalue weighted by Crippen LogP contribution is -2.47. The molecule has 3 aliphatic carbocycles. The van der Waals surface area contributed by atoms with Crippen LogP contribution in [0.3, 0.4) is 0 Å². The smallest absolute Gasteiger partial charge is 0.233 e. The van der Waals surface area contributed by atoms with Gasteiger partial charge in [-0.15, -0.1) is 11.3 Å². The normalized spacial score (nSPS) is 21.2. The van der Waals surface area contributed by atoms with Crippen molar-refractivity contribution in [2.24, 2.45) is 11.1 Å². The minimum absolute atomic E-state index is 0.0318. The molecule has 1 aromatic heterocycles. The number of benzene rings is 4. The van der Waals surface area contributed by atoms with E-state index in [-0.39, 0.29) is 23.6 Å². The molecule has 188 valence electrons. The second-order valence-corrected chi connectivity index (χ2v) is 11.4. The van der Waals surface area contributed by atoms with E-state index in [0.29, 0.717) is 23.5 Å². The molecule has 8 rings (SSSR count). The van der Waals surface area contributed by atoms with Crippen LogP contribution in [-0.4, -0.2) is 10.9 Å². The number of halogens is 1. The zero-order chi connectivity index (χ0) is 26.0. The van der Waals surface area contributed by atoms with Crippen LogP contribution in [0.1, 0.15) is 53.0 Å². The van der Waals surface area contributed by atoms with Crippen LogP contribution in [-0.2, 0) is 11.3 Å². The highest BCUT2D eigenvalue weighted by molar-refractivity contribution is 7.14. The summed E-state index contributed by atoms with van der Waals surface area (Å²) < 4.78 is 14.4. The van der Waals surface area contributed by atoms with Gasteiger partial charge in [0.1, 0.15) is 5.82 Å². The first kappa shape index (κ1) is 23.3. The number of aromatic nitrogens is 1. The monoisotopic (exact) mass is 519 g/mol. The van der Waals surface area contributed by atoms with Crippen LogP contribution >= 0.6 is 11.3 Å². The quantitative estimate of drug-likeness (QED) is 0.264. The molecule has 1 amide bonds. The number of carbonyl (C=O) groups is 1. The third kappa shape index (κ3) is 3.30. The highest BCUT2D eigenvalue weighted by atomic mass is 32.1. The molecule has 4 aromatic carbocycles. The number of rotatable bonds is 4. The van der Waals surface area contributed by atoms with Gasteiger partial charge in [-0.3, -0.25) is 4.79 Å². The minimum Gasteiger partial charge on any atom is -0.326 e. The van der Waals surface area contributed by atoms with Gasteiger partial charge in [-0.05, 0) is 58.7 Å². The number of carbonyl (C=O) groups excluding carboxylic acids is 1. The summed E-state index contributed by atoms with van der Waals surface area (Å²) in [7, 11) is 0. The summed E-state index contributed by atoms with van der Waals surface area (Å²) in [6, 6.07) is 25.4. The fourth-order valence-corrected chi connectivity index (χ4v) is 7.45. The summed E-state index contributed by atoms with van der Waals surface area (Å²) >= 11 is 1.39. The lowest BCUT2D eigenvalue weighted by Gasteiger charge is -2.51. The average Bonchev–Trinajstić information content (AvgIpc) is 3.41. The predicted molar refractivity (Wildman–Crippen MR) is 151 cm³/mol. The van der Waals surface area contributed by atoms with Gasteiger partial charge >= 0.3 is 0 Å². The third-order valence-corrected chi connectivity index (χ3v) is 9.21. The molecule has 3 N–H and O–H groups in total. The van der Waals surface area contributed by atoms with Crippen molar-refractivity contribution >= 4 is 33.1 Å². The first-order valence-electron chi connectivity index (χ1n) is 12.8. The summed E-state index contributed by atoms with van der Waals surface area (Å²) in [6.07, 6.45) is 0.714. The Labute approximate surface area is 224 Å². The Morgan fingerprint density at radius 2 is 1.74 bits per heavy atom. The number of hydrogen-bond donors (Lipinski definition) is 2. The Balaban J connectivity index is 1.25. The summed E-state index contributed by atoms with van der Waals surface area (Å²) in [6.45, 7) is 2.56. The van der Waals surface area contributed by atoms with Crippen molar-refractivity contribution in [1.29, 1.82) is 0 Å². The lowest BCUT2D eigenvalue weighted by molar-refractivity contribution is -0.126. The standard InChI is InChI=1S/C32H26FN3OS/c1-32(15-25-20-9-3-5-11-23(20)29(32)24-12-6-7-18(16-34)28(24)25)30(37)36-31-35-27(17-38-31)22-13-14-26(33)21-10-4-2-8-19(21)22/h2-14,17,25,29H,15-16,34H2,1H3,(H,35,36,37). The molecule has 1 heterocycles. The van der Waals surface area contributed by atoms with E-state index in [4.69, 9.17) is 10.7 Å². The third-order valence-electron chi connectivity index (χ3n) is 8.45. The molecule has 6 heteroatoms. The first-order chi connectivity index (χ1) is 18.5. The topological polar surface area (TPSA) is 68.0 Å². The van der Waals surface area contributed by atoms with Crippen molar-refractivity contribution in [1.82, 2.24) is 4.98 Å². The van der Waals surface area contributed by atoms with Crippen LogP contribution in [0.5, 0.6) is 0 Å². The molecule has 0 fully saturated rings. The van der Waals surface area contributed by atoms with Crippen molar-refractivity contribution in [2.75, 3.05) is 5.32 Å². The van der Waals surface area contributed by atoms with E-state index in [2.05, 4.69) is 54.7 Å². The number of thiazole rings is 1. The number of nitrogens with two attached hydrogens (primary N) is 1. The van der Waals surface area contributed by atoms with Gasteiger partial charge in [0, 0.05) is 34.7 Å². The number of nitrogens with one attached hydrogen (secondary N) is 1. The van der Waals surface area contributed by atoms with Crippen LogP contribution in [0.25, 0.3) is 22.0 Å². The fourth-order valence-electron chi connectivity index (χ4n) is 6.75. The maximum atomic E-state index is 14.4. The largest absolute Gasteiger partial charge is 0.326 e. The summed E-state index contributed by atoms with van der Waals surface area (Å²) in [4.78, 5) is 18.8. The summed E-state index contributed by atoms with van der Waals surface area (Å²) in [5.41, 5.74) is 13.2. The van der Waals surface area contributed by atoms with E-state index >= 15 is 0 Å². The molecule has 3 unspecified atom stereocenters. The summed E-state index contributed by atoms with van der Waals surface area (Å²) in [5.74, 6) is -0.229. The van der Waals surface area contributed by atoms with Gasteiger partial charge in [0.15, 0.2) is 5.13 Å². The molecule has 5 aromatic rings. The molecular weight excluding hydrogens is 493 g/mol. The SMILES string of the molecule is CC1(C(=O)Nc2nc(-c3ccc(F)c4ccccc34)cs2)CC2c3ccccc3C1c1cccc(CN)c12. The summed E-state index contributed by atoms with van der Waals surface area (Å²) in [5, 5.41) is 6.97. The Hall–Kier alpha value is -3.87. The van der Waals surface area contributed by atoms with Crippen molar-refractivity contribution < 1.29 is 9.18 Å². The minimum atomic E-state index is -0.645. The Morgan fingerprint density at radius 3 is 2.55 bits per heavy atom. The molecule has 3 aliphatic rings. The number of anilines is 1. The van der Waals surface area contributed by atoms with Gasteiger partial charge in [0.05, 0.1) is 11.1 Å². The van der Waals surface area contributed by atoms with Gasteiger partial charge in [0.25, 0.3) is 0 Å². The Kier molecular flexibility index (Phi) is 5.25. The van der Waals surface area contributed by atoms with Crippen molar-refractivity contribution in [3.05, 3.63) is 118 Å². The van der Waals surface area contributed by atoms with Crippen LogP contribution in [0, 0.1) is 11.2 Å². The van der Waals surface area contributed by atoms with Gasteiger partial charge in [-0.25, -0.2) is 9.37 Å². The highest BCUT2D eigenvalue weighted by Gasteiger charge is 2.54.